The third-order valence-corrected chi connectivity index (χ3v) is 8.81. The summed E-state index contributed by atoms with van der Waals surface area (Å²) in [6.07, 6.45) is 5.91. The molecule has 9 nitrogen and oxygen atoms in total. The van der Waals surface area contributed by atoms with Crippen LogP contribution in [0.2, 0.25) is 0 Å². The molecule has 10 heteroatoms. The van der Waals surface area contributed by atoms with E-state index in [1.165, 1.54) is 11.9 Å². The molecular formula is C36H44N6O3S. The smallest absolute Gasteiger partial charge is 0.254 e. The average molecular weight is 641 g/mol. The largest absolute Gasteiger partial charge is 0.487 e. The molecule has 0 saturated carbocycles. The number of ether oxygens (including phenoxy) is 2. The first-order valence-electron chi connectivity index (χ1n) is 15.9. The van der Waals surface area contributed by atoms with Gasteiger partial charge < -0.3 is 14.4 Å². The quantitative estimate of drug-likeness (QED) is 0.192. The van der Waals surface area contributed by atoms with Crippen LogP contribution in [0.1, 0.15) is 81.2 Å². The second-order valence-corrected chi connectivity index (χ2v) is 14.0. The summed E-state index contributed by atoms with van der Waals surface area (Å²) in [5, 5.41) is 0. The van der Waals surface area contributed by atoms with Gasteiger partial charge in [0.1, 0.15) is 12.4 Å². The van der Waals surface area contributed by atoms with Crippen LogP contribution in [0.5, 0.6) is 11.6 Å². The molecule has 242 valence electrons. The van der Waals surface area contributed by atoms with Crippen molar-refractivity contribution in [1.29, 1.82) is 0 Å². The predicted molar refractivity (Wildman–Crippen MR) is 183 cm³/mol. The van der Waals surface area contributed by atoms with Crippen molar-refractivity contribution in [2.24, 2.45) is 5.41 Å². The van der Waals surface area contributed by atoms with Crippen LogP contribution >= 0.6 is 11.9 Å². The molecule has 2 atom stereocenters. The Morgan fingerprint density at radius 2 is 1.78 bits per heavy atom. The zero-order valence-corrected chi connectivity index (χ0v) is 28.6. The number of hydrogen-bond acceptors (Lipinski definition) is 9. The van der Waals surface area contributed by atoms with Gasteiger partial charge in [0.05, 0.1) is 36.8 Å². The Balaban J connectivity index is 1.55. The monoisotopic (exact) mass is 640 g/mol. The number of carbonyl (C=O) groups excluding carboxylic acids is 1. The summed E-state index contributed by atoms with van der Waals surface area (Å²) in [6, 6.07) is 15.4. The second kappa shape index (κ2) is 14.5. The molecule has 46 heavy (non-hydrogen) atoms. The molecule has 4 aromatic rings. The molecule has 0 unspecified atom stereocenters. The maximum atomic E-state index is 14.3. The second-order valence-electron chi connectivity index (χ2n) is 13.1. The van der Waals surface area contributed by atoms with Crippen LogP contribution in [0, 0.1) is 19.3 Å². The normalized spacial score (nSPS) is 15.9. The Morgan fingerprint density at radius 3 is 2.48 bits per heavy atom. The molecule has 1 amide bonds. The number of aryl methyl sites for hydroxylation is 2. The highest BCUT2D eigenvalue weighted by molar-refractivity contribution is 8.00. The average Bonchev–Trinajstić information content (AvgIpc) is 3.03. The molecule has 0 fully saturated rings. The van der Waals surface area contributed by atoms with Crippen molar-refractivity contribution in [3.63, 3.8) is 0 Å². The van der Waals surface area contributed by atoms with E-state index in [1.54, 1.807) is 12.4 Å². The van der Waals surface area contributed by atoms with E-state index in [-0.39, 0.29) is 36.6 Å². The van der Waals surface area contributed by atoms with Crippen LogP contribution < -0.4 is 14.2 Å². The Kier molecular flexibility index (Phi) is 10.5. The van der Waals surface area contributed by atoms with Gasteiger partial charge in [0.2, 0.25) is 11.8 Å². The first-order chi connectivity index (χ1) is 22.0. The van der Waals surface area contributed by atoms with Crippen molar-refractivity contribution in [1.82, 2.24) is 24.8 Å². The summed E-state index contributed by atoms with van der Waals surface area (Å²) >= 11 is 1.36. The summed E-state index contributed by atoms with van der Waals surface area (Å²) in [5.41, 5.74) is 4.70. The summed E-state index contributed by atoms with van der Waals surface area (Å²) in [6.45, 7) is 15.3. The van der Waals surface area contributed by atoms with Crippen molar-refractivity contribution in [3.8, 4) is 22.9 Å². The number of rotatable bonds is 8. The van der Waals surface area contributed by atoms with Crippen LogP contribution in [0.25, 0.3) is 11.3 Å². The lowest BCUT2D eigenvalue weighted by atomic mass is 9.88. The number of nitrogens with one attached hydrogen (secondary N) is 1. The molecule has 0 aliphatic carbocycles. The minimum Gasteiger partial charge on any atom is -0.487 e. The SMILES string of the molecule is CC[C@H](C)Oc1cnc(CN2C(=O)c3cccc(c3)SNc3nc(cc(-c4c(C)cccc4C)n3)OC[C@H]2CCC(C)(C)C)nc1. The number of aromatic nitrogens is 4. The van der Waals surface area contributed by atoms with Crippen LogP contribution in [0.3, 0.4) is 0 Å². The maximum Gasteiger partial charge on any atom is 0.254 e. The molecule has 2 aromatic heterocycles. The van der Waals surface area contributed by atoms with Crippen LogP contribution in [-0.4, -0.2) is 49.5 Å². The van der Waals surface area contributed by atoms with Crippen LogP contribution in [-0.2, 0) is 6.54 Å². The van der Waals surface area contributed by atoms with Gasteiger partial charge in [0.15, 0.2) is 5.75 Å². The zero-order chi connectivity index (χ0) is 32.8. The van der Waals surface area contributed by atoms with Crippen molar-refractivity contribution in [3.05, 3.63) is 83.4 Å². The summed E-state index contributed by atoms with van der Waals surface area (Å²) in [7, 11) is 0. The number of fused-ring (bicyclic) bond motifs is 4. The first-order valence-corrected chi connectivity index (χ1v) is 16.7. The highest BCUT2D eigenvalue weighted by Gasteiger charge is 2.29. The van der Waals surface area contributed by atoms with Crippen LogP contribution in [0.4, 0.5) is 5.95 Å². The molecule has 1 aliphatic heterocycles. The Morgan fingerprint density at radius 1 is 1.07 bits per heavy atom. The highest BCUT2D eigenvalue weighted by atomic mass is 32.2. The lowest BCUT2D eigenvalue weighted by Crippen LogP contribution is -2.44. The number of hydrogen-bond donors (Lipinski definition) is 1. The fraction of sp³-hybridized carbons (Fsp3) is 0.417. The van der Waals surface area contributed by atoms with Crippen LogP contribution in [0.15, 0.2) is 65.8 Å². The summed E-state index contributed by atoms with van der Waals surface area (Å²) in [5.74, 6) is 1.91. The van der Waals surface area contributed by atoms with E-state index in [0.717, 1.165) is 46.5 Å². The molecule has 1 aliphatic rings. The van der Waals surface area contributed by atoms with E-state index in [1.807, 2.05) is 48.2 Å². The van der Waals surface area contributed by atoms with E-state index >= 15 is 0 Å². The third kappa shape index (κ3) is 8.54. The van der Waals surface area contributed by atoms with Gasteiger partial charge in [-0.05, 0) is 86.7 Å². The molecule has 2 aromatic carbocycles. The van der Waals surface area contributed by atoms with Gasteiger partial charge in [-0.2, -0.15) is 4.98 Å². The molecule has 3 heterocycles. The van der Waals surface area contributed by atoms with Crippen molar-refractivity contribution < 1.29 is 14.3 Å². The van der Waals surface area contributed by atoms with E-state index < -0.39 is 0 Å². The van der Waals surface area contributed by atoms with Gasteiger partial charge in [-0.3, -0.25) is 9.52 Å². The topological polar surface area (TPSA) is 102 Å². The maximum absolute atomic E-state index is 14.3. The van der Waals surface area contributed by atoms with E-state index in [9.17, 15) is 4.79 Å². The molecular weight excluding hydrogens is 597 g/mol. The first kappa shape index (κ1) is 33.2. The van der Waals surface area contributed by atoms with E-state index in [0.29, 0.717) is 29.0 Å². The van der Waals surface area contributed by atoms with Crippen molar-refractivity contribution in [2.45, 2.75) is 91.3 Å². The van der Waals surface area contributed by atoms with Gasteiger partial charge in [-0.25, -0.2) is 15.0 Å². The van der Waals surface area contributed by atoms with Gasteiger partial charge in [0.25, 0.3) is 5.91 Å². The Labute approximate surface area is 276 Å². The summed E-state index contributed by atoms with van der Waals surface area (Å²) in [4.78, 5) is 35.8. The lowest BCUT2D eigenvalue weighted by Gasteiger charge is -2.33. The van der Waals surface area contributed by atoms with E-state index in [2.05, 4.69) is 68.4 Å². The van der Waals surface area contributed by atoms with Gasteiger partial charge in [-0.1, -0.05) is 52.0 Å². The standard InChI is InChI=1S/C36H44N6O3S/c1-8-25(4)45-28-19-37-31(38-20-28)21-42-27(15-16-36(5,6)7)22-44-32-18-30(33-23(2)11-9-12-24(33)3)39-35(40-32)41-46-29-14-10-13-26(17-29)34(42)43/h9-14,17-20,25,27H,8,15-16,21-22H2,1-7H3,(H,39,40,41)/t25-,27+/m0/s1. The number of carbonyl (C=O) groups is 1. The number of benzene rings is 2. The number of anilines is 1. The molecule has 1 N–H and O–H groups in total. The van der Waals surface area contributed by atoms with Gasteiger partial charge >= 0.3 is 0 Å². The van der Waals surface area contributed by atoms with Gasteiger partial charge in [0, 0.05) is 22.1 Å². The predicted octanol–water partition coefficient (Wildman–Crippen LogP) is 8.08. The van der Waals surface area contributed by atoms with E-state index in [4.69, 9.17) is 19.4 Å². The highest BCUT2D eigenvalue weighted by Crippen LogP contribution is 2.32. The third-order valence-electron chi connectivity index (χ3n) is 8.04. The minimum absolute atomic E-state index is 0.0550. The Bertz CT molecular complexity index is 1640. The Hall–Kier alpha value is -4.18. The van der Waals surface area contributed by atoms with Gasteiger partial charge in [-0.15, -0.1) is 0 Å². The molecule has 0 saturated heterocycles. The van der Waals surface area contributed by atoms with Crippen molar-refractivity contribution in [2.75, 3.05) is 11.3 Å². The van der Waals surface area contributed by atoms with Crippen molar-refractivity contribution >= 4 is 23.8 Å². The molecule has 0 spiro atoms. The molecule has 5 rings (SSSR count). The fourth-order valence-corrected chi connectivity index (χ4v) is 5.92. The minimum atomic E-state index is -0.279. The zero-order valence-electron chi connectivity index (χ0n) is 27.8. The number of nitrogens with zero attached hydrogens (tertiary/aromatic N) is 5. The fourth-order valence-electron chi connectivity index (χ4n) is 5.28. The lowest BCUT2D eigenvalue weighted by molar-refractivity contribution is 0.0545. The molecule has 4 bridgehead atoms. The number of amides is 1. The summed E-state index contributed by atoms with van der Waals surface area (Å²) < 4.78 is 15.7. The molecule has 0 radical (unpaired) electrons.